The molecule has 0 aromatic heterocycles. The standard InChI is InChI=1S/C5H8F3NOS/c1-2-3-11-4(9-10)5(6,7)8/h10H,2-3H2,1H3. The lowest BCUT2D eigenvalue weighted by Gasteiger charge is -2.05. The van der Waals surface area contributed by atoms with Crippen molar-refractivity contribution in [3.8, 4) is 0 Å². The molecule has 11 heavy (non-hydrogen) atoms. The Hall–Kier alpha value is -0.390. The molecule has 1 N–H and O–H groups in total. The predicted molar refractivity (Wildman–Crippen MR) is 38.0 cm³/mol. The summed E-state index contributed by atoms with van der Waals surface area (Å²) >= 11 is 0.503. The molecule has 0 rings (SSSR count). The monoisotopic (exact) mass is 187 g/mol. The highest BCUT2D eigenvalue weighted by atomic mass is 32.2. The van der Waals surface area contributed by atoms with Crippen LogP contribution in [0.25, 0.3) is 0 Å². The maximum atomic E-state index is 11.7. The summed E-state index contributed by atoms with van der Waals surface area (Å²) in [5.41, 5.74) is 0. The van der Waals surface area contributed by atoms with Gasteiger partial charge in [0.2, 0.25) is 5.04 Å². The molecule has 0 aromatic rings. The number of oxime groups is 1. The van der Waals surface area contributed by atoms with Crippen LogP contribution in [0.1, 0.15) is 13.3 Å². The van der Waals surface area contributed by atoms with Gasteiger partial charge in [-0.1, -0.05) is 23.8 Å². The Labute approximate surface area is 66.5 Å². The minimum atomic E-state index is -4.52. The summed E-state index contributed by atoms with van der Waals surface area (Å²) in [4.78, 5) is 0. The summed E-state index contributed by atoms with van der Waals surface area (Å²) in [6.45, 7) is 1.75. The Morgan fingerprint density at radius 2 is 2.09 bits per heavy atom. The van der Waals surface area contributed by atoms with Crippen molar-refractivity contribution in [1.82, 2.24) is 0 Å². The van der Waals surface area contributed by atoms with E-state index in [1.807, 2.05) is 0 Å². The number of hydrogen-bond acceptors (Lipinski definition) is 3. The van der Waals surface area contributed by atoms with E-state index in [0.29, 0.717) is 23.9 Å². The molecule has 0 atom stereocenters. The fourth-order valence-electron chi connectivity index (χ4n) is 0.366. The molecule has 0 amide bonds. The van der Waals surface area contributed by atoms with Crippen LogP contribution < -0.4 is 0 Å². The van der Waals surface area contributed by atoms with Gasteiger partial charge in [-0.25, -0.2) is 0 Å². The van der Waals surface area contributed by atoms with E-state index < -0.39 is 11.2 Å². The summed E-state index contributed by atoms with van der Waals surface area (Å²) in [6, 6.07) is 0. The summed E-state index contributed by atoms with van der Waals surface area (Å²) in [6.07, 6.45) is -3.91. The first-order chi connectivity index (χ1) is 5.02. The van der Waals surface area contributed by atoms with Crippen LogP contribution in [0.15, 0.2) is 5.16 Å². The molecule has 0 aliphatic heterocycles. The summed E-state index contributed by atoms with van der Waals surface area (Å²) in [7, 11) is 0. The minimum Gasteiger partial charge on any atom is -0.410 e. The Bertz CT molecular complexity index is 145. The lowest BCUT2D eigenvalue weighted by molar-refractivity contribution is -0.0573. The quantitative estimate of drug-likeness (QED) is 0.312. The van der Waals surface area contributed by atoms with Gasteiger partial charge in [0.15, 0.2) is 0 Å². The van der Waals surface area contributed by atoms with Crippen LogP contribution in [-0.4, -0.2) is 22.2 Å². The molecular formula is C5H8F3NOS. The highest BCUT2D eigenvalue weighted by Gasteiger charge is 2.36. The Kier molecular flexibility index (Phi) is 4.32. The Balaban J connectivity index is 3.99. The van der Waals surface area contributed by atoms with Gasteiger partial charge in [0.1, 0.15) is 0 Å². The molecular weight excluding hydrogens is 179 g/mol. The summed E-state index contributed by atoms with van der Waals surface area (Å²) in [5.74, 6) is 0.304. The number of rotatable bonds is 2. The van der Waals surface area contributed by atoms with Crippen molar-refractivity contribution in [3.05, 3.63) is 0 Å². The van der Waals surface area contributed by atoms with E-state index in [2.05, 4.69) is 5.16 Å². The van der Waals surface area contributed by atoms with Crippen LogP contribution >= 0.6 is 11.8 Å². The van der Waals surface area contributed by atoms with Crippen LogP contribution in [0.2, 0.25) is 0 Å². The maximum Gasteiger partial charge on any atom is 0.442 e. The first-order valence-corrected chi connectivity index (χ1v) is 3.93. The molecule has 0 saturated heterocycles. The molecule has 0 saturated carbocycles. The van der Waals surface area contributed by atoms with Gasteiger partial charge in [-0.3, -0.25) is 0 Å². The second kappa shape index (κ2) is 4.48. The SMILES string of the molecule is CCCSC(=NO)C(F)(F)F. The molecule has 0 spiro atoms. The average molecular weight is 187 g/mol. The highest BCUT2D eigenvalue weighted by Crippen LogP contribution is 2.24. The van der Waals surface area contributed by atoms with Crippen molar-refractivity contribution < 1.29 is 18.4 Å². The largest absolute Gasteiger partial charge is 0.442 e. The Morgan fingerprint density at radius 1 is 1.55 bits per heavy atom. The normalized spacial score (nSPS) is 13.6. The second-order valence-electron chi connectivity index (χ2n) is 1.75. The van der Waals surface area contributed by atoms with Crippen molar-refractivity contribution in [2.75, 3.05) is 5.75 Å². The van der Waals surface area contributed by atoms with E-state index in [0.717, 1.165) is 0 Å². The third kappa shape index (κ3) is 4.13. The molecule has 66 valence electrons. The van der Waals surface area contributed by atoms with Gasteiger partial charge in [-0.05, 0) is 12.2 Å². The molecule has 0 aromatic carbocycles. The zero-order valence-electron chi connectivity index (χ0n) is 5.85. The lowest BCUT2D eigenvalue weighted by atomic mass is 10.6. The highest BCUT2D eigenvalue weighted by molar-refractivity contribution is 8.14. The number of nitrogens with zero attached hydrogens (tertiary/aromatic N) is 1. The molecule has 0 aliphatic carbocycles. The topological polar surface area (TPSA) is 32.6 Å². The fourth-order valence-corrected chi connectivity index (χ4v) is 0.985. The van der Waals surface area contributed by atoms with Crippen molar-refractivity contribution in [2.45, 2.75) is 19.5 Å². The van der Waals surface area contributed by atoms with E-state index in [1.54, 1.807) is 6.92 Å². The van der Waals surface area contributed by atoms with Crippen molar-refractivity contribution >= 4 is 16.8 Å². The molecule has 0 unspecified atom stereocenters. The van der Waals surface area contributed by atoms with Crippen LogP contribution in [0.4, 0.5) is 13.2 Å². The molecule has 0 radical (unpaired) electrons. The third-order valence-corrected chi connectivity index (χ3v) is 1.98. The average Bonchev–Trinajstić information content (AvgIpc) is 1.87. The number of thioether (sulfide) groups is 1. The predicted octanol–water partition coefficient (Wildman–Crippen LogP) is 2.48. The number of halogens is 3. The molecule has 0 fully saturated rings. The van der Waals surface area contributed by atoms with Crippen molar-refractivity contribution in [1.29, 1.82) is 0 Å². The van der Waals surface area contributed by atoms with Gasteiger partial charge in [-0.2, -0.15) is 13.2 Å². The first-order valence-electron chi connectivity index (χ1n) is 2.94. The van der Waals surface area contributed by atoms with E-state index in [-0.39, 0.29) is 0 Å². The first kappa shape index (κ1) is 10.6. The van der Waals surface area contributed by atoms with E-state index in [4.69, 9.17) is 5.21 Å². The third-order valence-electron chi connectivity index (χ3n) is 0.776. The van der Waals surface area contributed by atoms with Crippen molar-refractivity contribution in [3.63, 3.8) is 0 Å². The van der Waals surface area contributed by atoms with Gasteiger partial charge in [0.05, 0.1) is 0 Å². The molecule has 2 nitrogen and oxygen atoms in total. The zero-order chi connectivity index (χ0) is 8.91. The summed E-state index contributed by atoms with van der Waals surface area (Å²) < 4.78 is 35.2. The smallest absolute Gasteiger partial charge is 0.410 e. The molecule has 0 heterocycles. The molecule has 6 heteroatoms. The van der Waals surface area contributed by atoms with E-state index >= 15 is 0 Å². The van der Waals surface area contributed by atoms with E-state index in [9.17, 15) is 13.2 Å². The lowest BCUT2D eigenvalue weighted by Crippen LogP contribution is -2.19. The second-order valence-corrected chi connectivity index (χ2v) is 2.83. The Morgan fingerprint density at radius 3 is 2.36 bits per heavy atom. The number of hydrogen-bond donors (Lipinski definition) is 1. The van der Waals surface area contributed by atoms with Gasteiger partial charge >= 0.3 is 6.18 Å². The van der Waals surface area contributed by atoms with Gasteiger partial charge < -0.3 is 5.21 Å². The summed E-state index contributed by atoms with van der Waals surface area (Å²) in [5, 5.41) is 8.91. The van der Waals surface area contributed by atoms with Crippen molar-refractivity contribution in [2.24, 2.45) is 5.16 Å². The molecule has 0 aliphatic rings. The van der Waals surface area contributed by atoms with Gasteiger partial charge in [0.25, 0.3) is 0 Å². The van der Waals surface area contributed by atoms with Crippen LogP contribution in [-0.2, 0) is 0 Å². The molecule has 0 bridgehead atoms. The fraction of sp³-hybridized carbons (Fsp3) is 0.800. The van der Waals surface area contributed by atoms with Crippen LogP contribution in [0.5, 0.6) is 0 Å². The van der Waals surface area contributed by atoms with Crippen LogP contribution in [0.3, 0.4) is 0 Å². The number of alkyl halides is 3. The van der Waals surface area contributed by atoms with E-state index in [1.165, 1.54) is 0 Å². The minimum absolute atomic E-state index is 0.304. The van der Waals surface area contributed by atoms with Gasteiger partial charge in [-0.15, -0.1) is 0 Å². The maximum absolute atomic E-state index is 11.7. The van der Waals surface area contributed by atoms with Crippen LogP contribution in [0, 0.1) is 0 Å². The van der Waals surface area contributed by atoms with Gasteiger partial charge in [0, 0.05) is 0 Å². The zero-order valence-corrected chi connectivity index (χ0v) is 6.67.